The van der Waals surface area contributed by atoms with Gasteiger partial charge >= 0.3 is 12.0 Å². The molecule has 0 spiro atoms. The number of hydrogen-bond donors (Lipinski definition) is 0. The zero-order valence-electron chi connectivity index (χ0n) is 10.9. The SMILES string of the molecule is Cc1cc(C)n(C(C)C(=O)OCCC(F)=C(F)F)n1. The van der Waals surface area contributed by atoms with Crippen LogP contribution in [0.5, 0.6) is 0 Å². The van der Waals surface area contributed by atoms with E-state index in [2.05, 4.69) is 5.10 Å². The molecule has 0 bridgehead atoms. The molecule has 4 nitrogen and oxygen atoms in total. The molecule has 0 aliphatic heterocycles. The first kappa shape index (κ1) is 15.3. The van der Waals surface area contributed by atoms with E-state index in [0.29, 0.717) is 0 Å². The van der Waals surface area contributed by atoms with Crippen molar-refractivity contribution in [3.63, 3.8) is 0 Å². The Labute approximate surface area is 108 Å². The molecule has 1 heterocycles. The number of carbonyl (C=O) groups excluding carboxylic acids is 1. The second-order valence-electron chi connectivity index (χ2n) is 4.13. The molecular weight excluding hydrogens is 261 g/mol. The predicted octanol–water partition coefficient (Wildman–Crippen LogP) is 3.07. The van der Waals surface area contributed by atoms with Gasteiger partial charge in [0, 0.05) is 12.1 Å². The Morgan fingerprint density at radius 3 is 2.53 bits per heavy atom. The summed E-state index contributed by atoms with van der Waals surface area (Å²) in [5.74, 6) is -2.20. The van der Waals surface area contributed by atoms with Crippen molar-refractivity contribution in [3.8, 4) is 0 Å². The molecule has 0 amide bonds. The van der Waals surface area contributed by atoms with E-state index in [1.807, 2.05) is 0 Å². The van der Waals surface area contributed by atoms with E-state index in [0.717, 1.165) is 11.4 Å². The summed E-state index contributed by atoms with van der Waals surface area (Å²) in [6.45, 7) is 4.71. The molecule has 19 heavy (non-hydrogen) atoms. The topological polar surface area (TPSA) is 44.1 Å². The number of esters is 1. The normalized spacial score (nSPS) is 12.1. The van der Waals surface area contributed by atoms with Crippen LogP contribution in [0.15, 0.2) is 18.0 Å². The molecule has 1 atom stereocenters. The molecule has 0 fully saturated rings. The Morgan fingerprint density at radius 2 is 2.05 bits per heavy atom. The van der Waals surface area contributed by atoms with Crippen LogP contribution in [0.25, 0.3) is 0 Å². The van der Waals surface area contributed by atoms with Crippen LogP contribution in [0.1, 0.15) is 30.8 Å². The first-order valence-electron chi connectivity index (χ1n) is 5.72. The summed E-state index contributed by atoms with van der Waals surface area (Å²) in [7, 11) is 0. The Kier molecular flexibility index (Phi) is 5.14. The van der Waals surface area contributed by atoms with Gasteiger partial charge in [0.25, 0.3) is 0 Å². The third-order valence-corrected chi connectivity index (χ3v) is 2.52. The van der Waals surface area contributed by atoms with Crippen molar-refractivity contribution in [2.75, 3.05) is 6.61 Å². The molecule has 106 valence electrons. The van der Waals surface area contributed by atoms with Crippen molar-refractivity contribution in [2.24, 2.45) is 0 Å². The molecule has 0 saturated heterocycles. The van der Waals surface area contributed by atoms with Gasteiger partial charge in [-0.15, -0.1) is 0 Å². The van der Waals surface area contributed by atoms with Crippen LogP contribution in [0.2, 0.25) is 0 Å². The largest absolute Gasteiger partial charge is 0.464 e. The van der Waals surface area contributed by atoms with Gasteiger partial charge in [0.2, 0.25) is 0 Å². The molecule has 1 aromatic rings. The monoisotopic (exact) mass is 276 g/mol. The molecule has 0 radical (unpaired) electrons. The van der Waals surface area contributed by atoms with Crippen LogP contribution >= 0.6 is 0 Å². The lowest BCUT2D eigenvalue weighted by Gasteiger charge is -2.13. The Morgan fingerprint density at radius 1 is 1.42 bits per heavy atom. The van der Waals surface area contributed by atoms with Crippen molar-refractivity contribution in [3.05, 3.63) is 29.4 Å². The van der Waals surface area contributed by atoms with Crippen molar-refractivity contribution in [1.29, 1.82) is 0 Å². The fourth-order valence-electron chi connectivity index (χ4n) is 1.59. The third-order valence-electron chi connectivity index (χ3n) is 2.52. The lowest BCUT2D eigenvalue weighted by Crippen LogP contribution is -2.21. The Hall–Kier alpha value is -1.79. The quantitative estimate of drug-likeness (QED) is 0.776. The highest BCUT2D eigenvalue weighted by Gasteiger charge is 2.19. The van der Waals surface area contributed by atoms with Gasteiger partial charge in [-0.1, -0.05) is 0 Å². The van der Waals surface area contributed by atoms with Crippen molar-refractivity contribution in [1.82, 2.24) is 9.78 Å². The standard InChI is InChI=1S/C12H15F3N2O2/c1-7-6-8(2)17(16-7)9(3)12(18)19-5-4-10(13)11(14)15/h6,9H,4-5H2,1-3H3. The average Bonchev–Trinajstić information content (AvgIpc) is 2.66. The van der Waals surface area contributed by atoms with E-state index < -0.39 is 36.9 Å². The maximum Gasteiger partial charge on any atom is 0.330 e. The second kappa shape index (κ2) is 6.40. The molecule has 1 rings (SSSR count). The molecule has 0 aliphatic rings. The number of nitrogens with zero attached hydrogens (tertiary/aromatic N) is 2. The van der Waals surface area contributed by atoms with Crippen molar-refractivity contribution < 1.29 is 22.7 Å². The van der Waals surface area contributed by atoms with E-state index >= 15 is 0 Å². The summed E-state index contributed by atoms with van der Waals surface area (Å²) in [5, 5.41) is 4.12. The summed E-state index contributed by atoms with van der Waals surface area (Å²) in [5.41, 5.74) is 1.54. The van der Waals surface area contributed by atoms with E-state index in [1.165, 1.54) is 4.68 Å². The number of hydrogen-bond acceptors (Lipinski definition) is 3. The molecule has 0 saturated carbocycles. The lowest BCUT2D eigenvalue weighted by molar-refractivity contribution is -0.147. The van der Waals surface area contributed by atoms with Gasteiger partial charge in [0.1, 0.15) is 6.04 Å². The number of carbonyl (C=O) groups is 1. The van der Waals surface area contributed by atoms with E-state index in [-0.39, 0.29) is 0 Å². The van der Waals surface area contributed by atoms with Gasteiger partial charge < -0.3 is 4.74 Å². The smallest absolute Gasteiger partial charge is 0.330 e. The molecule has 0 N–H and O–H groups in total. The van der Waals surface area contributed by atoms with Crippen LogP contribution in [-0.2, 0) is 9.53 Å². The van der Waals surface area contributed by atoms with Crippen molar-refractivity contribution >= 4 is 5.97 Å². The summed E-state index contributed by atoms with van der Waals surface area (Å²) >= 11 is 0. The van der Waals surface area contributed by atoms with Crippen LogP contribution in [0.4, 0.5) is 13.2 Å². The number of rotatable bonds is 5. The highest BCUT2D eigenvalue weighted by atomic mass is 19.3. The summed E-state index contributed by atoms with van der Waals surface area (Å²) in [4.78, 5) is 11.6. The minimum Gasteiger partial charge on any atom is -0.464 e. The first-order valence-corrected chi connectivity index (χ1v) is 5.72. The molecule has 0 aliphatic carbocycles. The number of aryl methyl sites for hydroxylation is 2. The zero-order valence-corrected chi connectivity index (χ0v) is 10.9. The fourth-order valence-corrected chi connectivity index (χ4v) is 1.59. The van der Waals surface area contributed by atoms with E-state index in [1.54, 1.807) is 26.8 Å². The van der Waals surface area contributed by atoms with Gasteiger partial charge in [-0.3, -0.25) is 4.68 Å². The molecule has 7 heteroatoms. The van der Waals surface area contributed by atoms with Crippen LogP contribution < -0.4 is 0 Å². The maximum atomic E-state index is 12.5. The van der Waals surface area contributed by atoms with Crippen molar-refractivity contribution in [2.45, 2.75) is 33.2 Å². The Balaban J connectivity index is 2.55. The van der Waals surface area contributed by atoms with Gasteiger partial charge in [-0.25, -0.2) is 9.18 Å². The maximum absolute atomic E-state index is 12.5. The third kappa shape index (κ3) is 4.11. The summed E-state index contributed by atoms with van der Waals surface area (Å²) < 4.78 is 42.3. The minimum atomic E-state index is -2.39. The highest BCUT2D eigenvalue weighted by Crippen LogP contribution is 2.15. The van der Waals surface area contributed by atoms with E-state index in [9.17, 15) is 18.0 Å². The number of aromatic nitrogens is 2. The van der Waals surface area contributed by atoms with Gasteiger partial charge in [0.05, 0.1) is 12.3 Å². The molecule has 1 unspecified atom stereocenters. The van der Waals surface area contributed by atoms with Gasteiger partial charge in [0.15, 0.2) is 5.83 Å². The molecule has 0 aromatic carbocycles. The highest BCUT2D eigenvalue weighted by molar-refractivity contribution is 5.73. The Bertz CT molecular complexity index is 493. The summed E-state index contributed by atoms with van der Waals surface area (Å²) in [6, 6.07) is 1.11. The molecular formula is C12H15F3N2O2. The molecule has 1 aromatic heterocycles. The van der Waals surface area contributed by atoms with Crippen LogP contribution in [0.3, 0.4) is 0 Å². The van der Waals surface area contributed by atoms with Gasteiger partial charge in [-0.05, 0) is 26.8 Å². The first-order chi connectivity index (χ1) is 8.82. The zero-order chi connectivity index (χ0) is 14.6. The average molecular weight is 276 g/mol. The summed E-state index contributed by atoms with van der Waals surface area (Å²) in [6.07, 6.45) is -3.01. The fraction of sp³-hybridized carbons (Fsp3) is 0.500. The second-order valence-corrected chi connectivity index (χ2v) is 4.13. The number of halogens is 3. The minimum absolute atomic E-state index is 0.425. The lowest BCUT2D eigenvalue weighted by atomic mass is 10.3. The van der Waals surface area contributed by atoms with Crippen LogP contribution in [0, 0.1) is 13.8 Å². The van der Waals surface area contributed by atoms with E-state index in [4.69, 9.17) is 4.74 Å². The van der Waals surface area contributed by atoms with Gasteiger partial charge in [-0.2, -0.15) is 13.9 Å². The number of ether oxygens (including phenoxy) is 1. The predicted molar refractivity (Wildman–Crippen MR) is 62.3 cm³/mol. The van der Waals surface area contributed by atoms with Crippen LogP contribution in [-0.4, -0.2) is 22.4 Å².